The fourth-order valence-corrected chi connectivity index (χ4v) is 2.34. The molecule has 1 aliphatic carbocycles. The highest BCUT2D eigenvalue weighted by Crippen LogP contribution is 2.24. The summed E-state index contributed by atoms with van der Waals surface area (Å²) in [7, 11) is 0. The Bertz CT molecular complexity index is 110. The second kappa shape index (κ2) is 3.57. The first kappa shape index (κ1) is 7.60. The van der Waals surface area contributed by atoms with Gasteiger partial charge in [-0.3, -0.25) is 0 Å². The lowest BCUT2D eigenvalue weighted by molar-refractivity contribution is 0.185. The number of likely N-dealkylation sites (tertiary alicyclic amines) is 1. The van der Waals surface area contributed by atoms with Crippen molar-refractivity contribution in [1.82, 2.24) is 4.90 Å². The summed E-state index contributed by atoms with van der Waals surface area (Å²) in [6, 6.07) is 0.857. The zero-order valence-corrected chi connectivity index (χ0v) is 7.26. The number of nitrogens with zero attached hydrogens (tertiary/aromatic N) is 1. The van der Waals surface area contributed by atoms with Crippen LogP contribution in [0.1, 0.15) is 38.5 Å². The first-order valence-electron chi connectivity index (χ1n) is 5.04. The Labute approximate surface area is 69.8 Å². The molecule has 1 atom stereocenters. The molecule has 1 heterocycles. The fraction of sp³-hybridized carbons (Fsp3) is 0.900. The summed E-state index contributed by atoms with van der Waals surface area (Å²) in [5.41, 5.74) is 0. The van der Waals surface area contributed by atoms with Crippen LogP contribution >= 0.6 is 0 Å². The molecule has 1 radical (unpaired) electrons. The fourth-order valence-electron chi connectivity index (χ4n) is 2.34. The van der Waals surface area contributed by atoms with Crippen molar-refractivity contribution < 1.29 is 0 Å². The van der Waals surface area contributed by atoms with Gasteiger partial charge in [-0.15, -0.1) is 0 Å². The highest BCUT2D eigenvalue weighted by Gasteiger charge is 2.23. The number of hydrogen-bond acceptors (Lipinski definition) is 1. The molecule has 0 aromatic carbocycles. The van der Waals surface area contributed by atoms with Gasteiger partial charge in [0.25, 0.3) is 0 Å². The molecule has 1 saturated carbocycles. The Hall–Kier alpha value is -0.0400. The molecule has 0 N–H and O–H groups in total. The smallest absolute Gasteiger partial charge is 0.0127 e. The normalized spacial score (nSPS) is 29.5. The molecule has 11 heavy (non-hydrogen) atoms. The topological polar surface area (TPSA) is 3.24 Å². The van der Waals surface area contributed by atoms with Crippen molar-refractivity contribution in [3.8, 4) is 0 Å². The van der Waals surface area contributed by atoms with E-state index in [0.717, 1.165) is 6.04 Å². The van der Waals surface area contributed by atoms with Gasteiger partial charge < -0.3 is 4.90 Å². The average molecular weight is 152 g/mol. The molecule has 2 rings (SSSR count). The van der Waals surface area contributed by atoms with Gasteiger partial charge in [0, 0.05) is 6.04 Å². The van der Waals surface area contributed by atoms with Crippen LogP contribution in [-0.2, 0) is 0 Å². The lowest BCUT2D eigenvalue weighted by Crippen LogP contribution is -2.37. The van der Waals surface area contributed by atoms with E-state index in [0.29, 0.717) is 0 Å². The molecule has 1 unspecified atom stereocenters. The number of hydrogen-bond donors (Lipinski definition) is 0. The molecule has 1 saturated heterocycles. The Kier molecular flexibility index (Phi) is 2.47. The lowest BCUT2D eigenvalue weighted by atomic mass is 10.1. The lowest BCUT2D eigenvalue weighted by Gasteiger charge is -2.31. The second-order valence-corrected chi connectivity index (χ2v) is 3.83. The molecule has 1 heteroatoms. The van der Waals surface area contributed by atoms with Gasteiger partial charge in [0.2, 0.25) is 0 Å². The van der Waals surface area contributed by atoms with Crippen molar-refractivity contribution in [2.75, 3.05) is 13.1 Å². The van der Waals surface area contributed by atoms with Gasteiger partial charge in [0.1, 0.15) is 0 Å². The van der Waals surface area contributed by atoms with Crippen LogP contribution in [0.2, 0.25) is 0 Å². The highest BCUT2D eigenvalue weighted by molar-refractivity contribution is 4.91. The van der Waals surface area contributed by atoms with E-state index in [1.807, 2.05) is 0 Å². The molecule has 0 aromatic rings. The van der Waals surface area contributed by atoms with Gasteiger partial charge in [-0.2, -0.15) is 0 Å². The third kappa shape index (κ3) is 1.76. The second-order valence-electron chi connectivity index (χ2n) is 3.83. The van der Waals surface area contributed by atoms with E-state index in [1.165, 1.54) is 51.6 Å². The third-order valence-corrected chi connectivity index (χ3v) is 3.00. The van der Waals surface area contributed by atoms with Crippen molar-refractivity contribution in [3.05, 3.63) is 6.42 Å². The Morgan fingerprint density at radius 3 is 2.45 bits per heavy atom. The molecule has 0 spiro atoms. The summed E-state index contributed by atoms with van der Waals surface area (Å²) < 4.78 is 0. The zero-order chi connectivity index (χ0) is 7.52. The van der Waals surface area contributed by atoms with Crippen LogP contribution in [0, 0.1) is 6.42 Å². The van der Waals surface area contributed by atoms with E-state index >= 15 is 0 Å². The maximum absolute atomic E-state index is 2.68. The van der Waals surface area contributed by atoms with Crippen molar-refractivity contribution in [2.24, 2.45) is 0 Å². The van der Waals surface area contributed by atoms with Crippen LogP contribution in [0.5, 0.6) is 0 Å². The minimum atomic E-state index is 0.857. The molecule has 2 aliphatic rings. The molecule has 0 bridgehead atoms. The van der Waals surface area contributed by atoms with Crippen molar-refractivity contribution in [2.45, 2.75) is 44.6 Å². The third-order valence-electron chi connectivity index (χ3n) is 3.00. The number of rotatable bonds is 1. The summed E-state index contributed by atoms with van der Waals surface area (Å²) in [5.74, 6) is 0. The summed E-state index contributed by atoms with van der Waals surface area (Å²) >= 11 is 0. The molecule has 2 fully saturated rings. The predicted molar refractivity (Wildman–Crippen MR) is 47.4 cm³/mol. The molecule has 1 nitrogen and oxygen atoms in total. The van der Waals surface area contributed by atoms with Gasteiger partial charge >= 0.3 is 0 Å². The van der Waals surface area contributed by atoms with Crippen molar-refractivity contribution in [1.29, 1.82) is 0 Å². The minimum Gasteiger partial charge on any atom is -0.300 e. The molecule has 0 aromatic heterocycles. The van der Waals surface area contributed by atoms with E-state index in [1.54, 1.807) is 0 Å². The SMILES string of the molecule is [CH]1CCCC1N1CCCCC1. The van der Waals surface area contributed by atoms with Crippen LogP contribution in [-0.4, -0.2) is 24.0 Å². The average Bonchev–Trinajstić information content (AvgIpc) is 2.58. The largest absolute Gasteiger partial charge is 0.300 e. The number of piperidine rings is 1. The summed E-state index contributed by atoms with van der Waals surface area (Å²) in [6.45, 7) is 2.72. The minimum absolute atomic E-state index is 0.857. The van der Waals surface area contributed by atoms with Crippen LogP contribution in [0.4, 0.5) is 0 Å². The van der Waals surface area contributed by atoms with Crippen molar-refractivity contribution in [3.63, 3.8) is 0 Å². The molecular formula is C10H18N. The first-order valence-corrected chi connectivity index (χ1v) is 5.04. The van der Waals surface area contributed by atoms with E-state index in [4.69, 9.17) is 0 Å². The Balaban J connectivity index is 1.82. The van der Waals surface area contributed by atoms with Gasteiger partial charge in [-0.05, 0) is 45.2 Å². The molecular weight excluding hydrogens is 134 g/mol. The summed E-state index contributed by atoms with van der Waals surface area (Å²) in [5, 5.41) is 0. The molecule has 0 amide bonds. The van der Waals surface area contributed by atoms with Gasteiger partial charge in [0.05, 0.1) is 0 Å². The van der Waals surface area contributed by atoms with E-state index in [9.17, 15) is 0 Å². The zero-order valence-electron chi connectivity index (χ0n) is 7.26. The van der Waals surface area contributed by atoms with Crippen molar-refractivity contribution >= 4 is 0 Å². The summed E-state index contributed by atoms with van der Waals surface area (Å²) in [6.07, 6.45) is 11.1. The highest BCUT2D eigenvalue weighted by atomic mass is 15.2. The van der Waals surface area contributed by atoms with Gasteiger partial charge in [-0.1, -0.05) is 12.8 Å². The van der Waals surface area contributed by atoms with Gasteiger partial charge in [0.15, 0.2) is 0 Å². The van der Waals surface area contributed by atoms with Crippen LogP contribution in [0.15, 0.2) is 0 Å². The van der Waals surface area contributed by atoms with E-state index in [2.05, 4.69) is 11.3 Å². The monoisotopic (exact) mass is 152 g/mol. The Morgan fingerprint density at radius 2 is 1.82 bits per heavy atom. The van der Waals surface area contributed by atoms with Crippen LogP contribution in [0.3, 0.4) is 0 Å². The first-order chi connectivity index (χ1) is 5.47. The maximum Gasteiger partial charge on any atom is 0.0127 e. The van der Waals surface area contributed by atoms with E-state index in [-0.39, 0.29) is 0 Å². The molecule has 1 aliphatic heterocycles. The quantitative estimate of drug-likeness (QED) is 0.557. The van der Waals surface area contributed by atoms with E-state index < -0.39 is 0 Å². The Morgan fingerprint density at radius 1 is 1.00 bits per heavy atom. The standard InChI is InChI=1S/C10H18N/c1-4-8-11(9-5-1)10-6-2-3-7-10/h6,10H,1-5,7-9H2. The summed E-state index contributed by atoms with van der Waals surface area (Å²) in [4.78, 5) is 2.68. The van der Waals surface area contributed by atoms with Crippen LogP contribution < -0.4 is 0 Å². The predicted octanol–water partition coefficient (Wildman–Crippen LogP) is 2.23. The van der Waals surface area contributed by atoms with Gasteiger partial charge in [-0.25, -0.2) is 0 Å². The van der Waals surface area contributed by atoms with Crippen LogP contribution in [0.25, 0.3) is 0 Å². The molecule has 63 valence electrons. The maximum atomic E-state index is 2.68.